The molecule has 1 aromatic carbocycles. The van der Waals surface area contributed by atoms with Gasteiger partial charge in [0, 0.05) is 11.6 Å². The fraction of sp³-hybridized carbons (Fsp3) is 0.222. The van der Waals surface area contributed by atoms with Crippen LogP contribution in [0.2, 0.25) is 0 Å². The molecule has 0 saturated carbocycles. The van der Waals surface area contributed by atoms with E-state index in [9.17, 15) is 19.3 Å². The average Bonchev–Trinajstić information content (AvgIpc) is 2.20. The number of aliphatic carboxylic acids is 1. The van der Waals surface area contributed by atoms with E-state index in [-0.39, 0.29) is 5.56 Å². The summed E-state index contributed by atoms with van der Waals surface area (Å²) in [4.78, 5) is 20.1. The molecule has 2 N–H and O–H groups in total. The smallest absolute Gasteiger partial charge is 0.337 e. The SMILES string of the molecule is Cc1c([N+](=O)[O-])ccc(C(O)C(=O)O)c1F. The molecule has 6 nitrogen and oxygen atoms in total. The lowest BCUT2D eigenvalue weighted by molar-refractivity contribution is -0.385. The molecule has 86 valence electrons. The molecular weight excluding hydrogens is 221 g/mol. The number of benzene rings is 1. The van der Waals surface area contributed by atoms with E-state index in [0.29, 0.717) is 0 Å². The Morgan fingerprint density at radius 2 is 2.12 bits per heavy atom. The number of halogens is 1. The Hall–Kier alpha value is -2.02. The molecule has 0 aromatic heterocycles. The number of aliphatic hydroxyl groups is 1. The first-order valence-electron chi connectivity index (χ1n) is 4.20. The minimum absolute atomic E-state index is 0.303. The quantitative estimate of drug-likeness (QED) is 0.598. The molecule has 1 rings (SSSR count). The van der Waals surface area contributed by atoms with Crippen LogP contribution in [0.25, 0.3) is 0 Å². The van der Waals surface area contributed by atoms with Crippen LogP contribution in [-0.2, 0) is 4.79 Å². The van der Waals surface area contributed by atoms with Gasteiger partial charge in [0.05, 0.1) is 10.5 Å². The monoisotopic (exact) mass is 229 g/mol. The second-order valence-electron chi connectivity index (χ2n) is 3.11. The summed E-state index contributed by atoms with van der Waals surface area (Å²) in [5.41, 5.74) is -1.25. The van der Waals surface area contributed by atoms with Crippen LogP contribution in [0.5, 0.6) is 0 Å². The van der Waals surface area contributed by atoms with E-state index in [1.807, 2.05) is 0 Å². The average molecular weight is 229 g/mol. The summed E-state index contributed by atoms with van der Waals surface area (Å²) in [6.07, 6.45) is -2.03. The molecule has 1 unspecified atom stereocenters. The van der Waals surface area contributed by atoms with Crippen molar-refractivity contribution in [1.29, 1.82) is 0 Å². The number of hydrogen-bond acceptors (Lipinski definition) is 4. The number of carbonyl (C=O) groups is 1. The molecule has 0 aliphatic rings. The van der Waals surface area contributed by atoms with Gasteiger partial charge in [-0.2, -0.15) is 0 Å². The zero-order valence-electron chi connectivity index (χ0n) is 8.18. The predicted molar refractivity (Wildman–Crippen MR) is 50.4 cm³/mol. The number of carboxylic acid groups (broad SMARTS) is 1. The molecule has 1 aromatic rings. The summed E-state index contributed by atoms with van der Waals surface area (Å²) < 4.78 is 13.5. The van der Waals surface area contributed by atoms with E-state index in [4.69, 9.17) is 10.2 Å². The van der Waals surface area contributed by atoms with Crippen molar-refractivity contribution in [3.63, 3.8) is 0 Å². The Morgan fingerprint density at radius 3 is 2.56 bits per heavy atom. The van der Waals surface area contributed by atoms with E-state index in [0.717, 1.165) is 19.1 Å². The highest BCUT2D eigenvalue weighted by atomic mass is 19.1. The number of nitro groups is 1. The molecular formula is C9H8FNO5. The van der Waals surface area contributed by atoms with Crippen LogP contribution in [0.15, 0.2) is 12.1 Å². The van der Waals surface area contributed by atoms with E-state index < -0.39 is 34.1 Å². The van der Waals surface area contributed by atoms with Gasteiger partial charge in [-0.3, -0.25) is 10.1 Å². The van der Waals surface area contributed by atoms with Gasteiger partial charge in [0.15, 0.2) is 6.10 Å². The van der Waals surface area contributed by atoms with Crippen molar-refractivity contribution in [2.24, 2.45) is 0 Å². The molecule has 0 heterocycles. The Kier molecular flexibility index (Phi) is 3.19. The van der Waals surface area contributed by atoms with Crippen molar-refractivity contribution in [1.82, 2.24) is 0 Å². The zero-order valence-corrected chi connectivity index (χ0v) is 8.18. The normalized spacial score (nSPS) is 12.2. The Morgan fingerprint density at radius 1 is 1.56 bits per heavy atom. The van der Waals surface area contributed by atoms with E-state index in [1.54, 1.807) is 0 Å². The molecule has 7 heteroatoms. The third kappa shape index (κ3) is 1.98. The van der Waals surface area contributed by atoms with Crippen LogP contribution in [0, 0.1) is 22.9 Å². The highest BCUT2D eigenvalue weighted by Crippen LogP contribution is 2.26. The fourth-order valence-electron chi connectivity index (χ4n) is 1.24. The van der Waals surface area contributed by atoms with E-state index in [1.165, 1.54) is 0 Å². The van der Waals surface area contributed by atoms with Gasteiger partial charge in [0.1, 0.15) is 5.82 Å². The maximum atomic E-state index is 13.5. The molecule has 0 saturated heterocycles. The van der Waals surface area contributed by atoms with Crippen molar-refractivity contribution in [2.75, 3.05) is 0 Å². The summed E-state index contributed by atoms with van der Waals surface area (Å²) in [6, 6.07) is 1.85. The lowest BCUT2D eigenvalue weighted by Crippen LogP contribution is -2.13. The highest BCUT2D eigenvalue weighted by Gasteiger charge is 2.25. The van der Waals surface area contributed by atoms with Gasteiger partial charge >= 0.3 is 5.97 Å². The van der Waals surface area contributed by atoms with Crippen LogP contribution in [0.1, 0.15) is 17.2 Å². The van der Waals surface area contributed by atoms with Crippen LogP contribution in [0.3, 0.4) is 0 Å². The predicted octanol–water partition coefficient (Wildman–Crippen LogP) is 1.16. The third-order valence-corrected chi connectivity index (χ3v) is 2.11. The molecule has 16 heavy (non-hydrogen) atoms. The number of nitrogens with zero attached hydrogens (tertiary/aromatic N) is 1. The van der Waals surface area contributed by atoms with Crippen LogP contribution in [0.4, 0.5) is 10.1 Å². The van der Waals surface area contributed by atoms with Crippen LogP contribution < -0.4 is 0 Å². The Bertz CT molecular complexity index is 459. The number of carboxylic acids is 1. The van der Waals surface area contributed by atoms with Crippen LogP contribution in [-0.4, -0.2) is 21.1 Å². The van der Waals surface area contributed by atoms with Crippen LogP contribution >= 0.6 is 0 Å². The number of rotatable bonds is 3. The van der Waals surface area contributed by atoms with Crippen molar-refractivity contribution >= 4 is 11.7 Å². The Labute approximate surface area is 89.1 Å². The molecule has 0 radical (unpaired) electrons. The molecule has 0 aliphatic carbocycles. The second kappa shape index (κ2) is 4.23. The van der Waals surface area contributed by atoms with Gasteiger partial charge in [0.25, 0.3) is 5.69 Å². The molecule has 0 fully saturated rings. The van der Waals surface area contributed by atoms with Gasteiger partial charge in [-0.1, -0.05) is 0 Å². The van der Waals surface area contributed by atoms with Gasteiger partial charge in [-0.25, -0.2) is 9.18 Å². The van der Waals surface area contributed by atoms with E-state index >= 15 is 0 Å². The second-order valence-corrected chi connectivity index (χ2v) is 3.11. The van der Waals surface area contributed by atoms with Gasteiger partial charge in [0.2, 0.25) is 0 Å². The summed E-state index contributed by atoms with van der Waals surface area (Å²) in [6.45, 7) is 1.14. The zero-order chi connectivity index (χ0) is 12.5. The number of aliphatic hydroxyl groups excluding tert-OH is 1. The van der Waals surface area contributed by atoms with Gasteiger partial charge in [-0.05, 0) is 13.0 Å². The summed E-state index contributed by atoms with van der Waals surface area (Å²) in [7, 11) is 0. The van der Waals surface area contributed by atoms with Gasteiger partial charge in [-0.15, -0.1) is 0 Å². The lowest BCUT2D eigenvalue weighted by Gasteiger charge is -2.08. The molecule has 0 bridgehead atoms. The topological polar surface area (TPSA) is 101 Å². The fourth-order valence-corrected chi connectivity index (χ4v) is 1.24. The largest absolute Gasteiger partial charge is 0.479 e. The summed E-state index contributed by atoms with van der Waals surface area (Å²) >= 11 is 0. The molecule has 0 aliphatic heterocycles. The number of hydrogen-bond donors (Lipinski definition) is 2. The standard InChI is InChI=1S/C9H8FNO5/c1-4-6(11(15)16)3-2-5(7(4)10)8(12)9(13)14/h2-3,8,12H,1H3,(H,13,14). The van der Waals surface area contributed by atoms with Crippen molar-refractivity contribution in [3.05, 3.63) is 39.2 Å². The molecule has 0 spiro atoms. The van der Waals surface area contributed by atoms with Crippen molar-refractivity contribution in [2.45, 2.75) is 13.0 Å². The first-order chi connectivity index (χ1) is 7.36. The first kappa shape index (κ1) is 12.1. The lowest BCUT2D eigenvalue weighted by atomic mass is 10.0. The maximum absolute atomic E-state index is 13.5. The summed E-state index contributed by atoms with van der Waals surface area (Å²) in [5.74, 6) is -2.70. The maximum Gasteiger partial charge on any atom is 0.337 e. The minimum Gasteiger partial charge on any atom is -0.479 e. The molecule has 1 atom stereocenters. The van der Waals surface area contributed by atoms with Crippen molar-refractivity contribution < 1.29 is 24.3 Å². The first-order valence-corrected chi connectivity index (χ1v) is 4.20. The minimum atomic E-state index is -2.03. The third-order valence-electron chi connectivity index (χ3n) is 2.11. The number of nitro benzene ring substituents is 1. The molecule has 0 amide bonds. The highest BCUT2D eigenvalue weighted by molar-refractivity contribution is 5.74. The van der Waals surface area contributed by atoms with E-state index in [2.05, 4.69) is 0 Å². The van der Waals surface area contributed by atoms with Gasteiger partial charge < -0.3 is 10.2 Å². The summed E-state index contributed by atoms with van der Waals surface area (Å²) in [5, 5.41) is 28.1. The Balaban J connectivity index is 3.32. The van der Waals surface area contributed by atoms with Crippen molar-refractivity contribution in [3.8, 4) is 0 Å².